The molecule has 0 saturated carbocycles. The van der Waals surface area contributed by atoms with Crippen molar-refractivity contribution >= 4 is 22.9 Å². The average Bonchev–Trinajstić information content (AvgIpc) is 3.21. The molecule has 0 unspecified atom stereocenters. The third-order valence-corrected chi connectivity index (χ3v) is 5.87. The van der Waals surface area contributed by atoms with Gasteiger partial charge in [-0.15, -0.1) is 11.3 Å². The lowest BCUT2D eigenvalue weighted by Crippen LogP contribution is -2.53. The van der Waals surface area contributed by atoms with E-state index in [1.165, 1.54) is 0 Å². The van der Waals surface area contributed by atoms with E-state index in [1.807, 2.05) is 34.5 Å². The topological polar surface area (TPSA) is 54.0 Å². The molecule has 1 saturated heterocycles. The Morgan fingerprint density at radius 1 is 1.30 bits per heavy atom. The Hall–Kier alpha value is -2.09. The summed E-state index contributed by atoms with van der Waals surface area (Å²) < 4.78 is 11.3. The molecular formula is C20H25N3O3S. The number of hydrogen-bond donors (Lipinski definition) is 1. The first-order valence-corrected chi connectivity index (χ1v) is 10.3. The molecule has 0 spiro atoms. The van der Waals surface area contributed by atoms with Gasteiger partial charge in [-0.25, -0.2) is 0 Å². The van der Waals surface area contributed by atoms with Crippen molar-refractivity contribution in [1.82, 2.24) is 10.2 Å². The van der Waals surface area contributed by atoms with E-state index in [-0.39, 0.29) is 5.91 Å². The number of nitrogens with one attached hydrogen (secondary N) is 1. The summed E-state index contributed by atoms with van der Waals surface area (Å²) in [6, 6.07) is 10.2. The van der Waals surface area contributed by atoms with E-state index in [0.717, 1.165) is 35.9 Å². The van der Waals surface area contributed by atoms with E-state index in [2.05, 4.69) is 23.2 Å². The predicted octanol–water partition coefficient (Wildman–Crippen LogP) is 2.35. The highest BCUT2D eigenvalue weighted by Gasteiger charge is 2.25. The molecule has 144 valence electrons. The first kappa shape index (κ1) is 18.3. The molecule has 0 bridgehead atoms. The molecule has 0 aliphatic carbocycles. The van der Waals surface area contributed by atoms with Gasteiger partial charge in [-0.05, 0) is 30.5 Å². The van der Waals surface area contributed by atoms with Gasteiger partial charge in [-0.2, -0.15) is 0 Å². The summed E-state index contributed by atoms with van der Waals surface area (Å²) in [6.07, 6.45) is 0. The van der Waals surface area contributed by atoms with E-state index < -0.39 is 0 Å². The first-order valence-electron chi connectivity index (χ1n) is 9.38. The molecule has 4 rings (SSSR count). The maximum absolute atomic E-state index is 13.2. The molecule has 1 aromatic carbocycles. The van der Waals surface area contributed by atoms with Crippen LogP contribution >= 0.6 is 11.3 Å². The molecule has 1 fully saturated rings. The van der Waals surface area contributed by atoms with Gasteiger partial charge < -0.3 is 19.7 Å². The van der Waals surface area contributed by atoms with Gasteiger partial charge in [-0.1, -0.05) is 6.07 Å². The minimum atomic E-state index is 0.105. The zero-order chi connectivity index (χ0) is 18.6. The molecule has 2 aromatic rings. The van der Waals surface area contributed by atoms with Crippen molar-refractivity contribution in [2.45, 2.75) is 19.5 Å². The summed E-state index contributed by atoms with van der Waals surface area (Å²) in [6.45, 7) is 6.97. The number of carbonyl (C=O) groups is 1. The Bertz CT molecular complexity index is 781. The number of ether oxygens (including phenoxy) is 2. The number of rotatable bonds is 5. The van der Waals surface area contributed by atoms with Gasteiger partial charge in [0.2, 0.25) is 5.91 Å². The molecule has 27 heavy (non-hydrogen) atoms. The highest BCUT2D eigenvalue weighted by atomic mass is 32.1. The highest BCUT2D eigenvalue weighted by Crippen LogP contribution is 2.34. The summed E-state index contributed by atoms with van der Waals surface area (Å²) in [7, 11) is 0. The van der Waals surface area contributed by atoms with Crippen LogP contribution in [-0.2, 0) is 11.3 Å². The van der Waals surface area contributed by atoms with Gasteiger partial charge in [-0.3, -0.25) is 9.69 Å². The van der Waals surface area contributed by atoms with Gasteiger partial charge in [0.15, 0.2) is 11.5 Å². The molecule has 1 aromatic heterocycles. The molecule has 1 amide bonds. The summed E-state index contributed by atoms with van der Waals surface area (Å²) in [4.78, 5) is 18.5. The van der Waals surface area contributed by atoms with Crippen molar-refractivity contribution < 1.29 is 14.3 Å². The van der Waals surface area contributed by atoms with Crippen LogP contribution in [0.4, 0.5) is 5.69 Å². The van der Waals surface area contributed by atoms with Crippen LogP contribution in [0.25, 0.3) is 0 Å². The number of thiophene rings is 1. The maximum atomic E-state index is 13.2. The number of carbonyl (C=O) groups excluding carboxylic acids is 1. The zero-order valence-corrected chi connectivity index (χ0v) is 16.3. The number of hydrogen-bond acceptors (Lipinski definition) is 6. The molecule has 1 N–H and O–H groups in total. The minimum Gasteiger partial charge on any atom is -0.486 e. The van der Waals surface area contributed by atoms with Crippen LogP contribution in [0.5, 0.6) is 11.5 Å². The van der Waals surface area contributed by atoms with Gasteiger partial charge in [0.1, 0.15) is 13.2 Å². The normalized spacial score (nSPS) is 19.7. The van der Waals surface area contributed by atoms with Crippen molar-refractivity contribution in [2.24, 2.45) is 0 Å². The number of anilines is 1. The third-order valence-electron chi connectivity index (χ3n) is 5.01. The van der Waals surface area contributed by atoms with Crippen LogP contribution in [0, 0.1) is 0 Å². The second-order valence-corrected chi connectivity index (χ2v) is 7.94. The van der Waals surface area contributed by atoms with Gasteiger partial charge >= 0.3 is 0 Å². The molecule has 3 heterocycles. The van der Waals surface area contributed by atoms with E-state index in [4.69, 9.17) is 9.47 Å². The third kappa shape index (κ3) is 4.26. The summed E-state index contributed by atoms with van der Waals surface area (Å²) in [5.41, 5.74) is 0.848. The summed E-state index contributed by atoms with van der Waals surface area (Å²) >= 11 is 1.67. The standard InChI is InChI=1S/C20H25N3O3S/c1-15-12-21-6-7-22(15)14-20(24)23(13-17-3-2-10-27-17)16-4-5-18-19(11-16)26-9-8-25-18/h2-5,10-11,15,21H,6-9,12-14H2,1H3/t15-/m1/s1. The molecule has 2 aliphatic rings. The largest absolute Gasteiger partial charge is 0.486 e. The van der Waals surface area contributed by atoms with E-state index >= 15 is 0 Å². The van der Waals surface area contributed by atoms with Gasteiger partial charge in [0.05, 0.1) is 13.1 Å². The van der Waals surface area contributed by atoms with Crippen LogP contribution in [0.2, 0.25) is 0 Å². The second-order valence-electron chi connectivity index (χ2n) is 6.91. The summed E-state index contributed by atoms with van der Waals surface area (Å²) in [5, 5.41) is 5.42. The van der Waals surface area contributed by atoms with Crippen LogP contribution in [0.1, 0.15) is 11.8 Å². The zero-order valence-electron chi connectivity index (χ0n) is 15.5. The second kappa shape index (κ2) is 8.29. The Morgan fingerprint density at radius 3 is 2.93 bits per heavy atom. The molecule has 7 heteroatoms. The van der Waals surface area contributed by atoms with E-state index in [9.17, 15) is 4.79 Å². The Morgan fingerprint density at radius 2 is 2.15 bits per heavy atom. The fraction of sp³-hybridized carbons (Fsp3) is 0.450. The number of benzene rings is 1. The van der Waals surface area contributed by atoms with E-state index in [1.54, 1.807) is 11.3 Å². The van der Waals surface area contributed by atoms with Crippen LogP contribution in [-0.4, -0.2) is 56.2 Å². The van der Waals surface area contributed by atoms with Crippen molar-refractivity contribution in [3.63, 3.8) is 0 Å². The van der Waals surface area contributed by atoms with Gasteiger partial charge in [0, 0.05) is 42.3 Å². The van der Waals surface area contributed by atoms with Gasteiger partial charge in [0.25, 0.3) is 0 Å². The maximum Gasteiger partial charge on any atom is 0.241 e. The monoisotopic (exact) mass is 387 g/mol. The van der Waals surface area contributed by atoms with Crippen molar-refractivity contribution in [3.8, 4) is 11.5 Å². The minimum absolute atomic E-state index is 0.105. The fourth-order valence-corrected chi connectivity index (χ4v) is 4.15. The number of nitrogens with zero attached hydrogens (tertiary/aromatic N) is 2. The highest BCUT2D eigenvalue weighted by molar-refractivity contribution is 7.09. The quantitative estimate of drug-likeness (QED) is 0.854. The van der Waals surface area contributed by atoms with Crippen LogP contribution in [0.15, 0.2) is 35.7 Å². The van der Waals surface area contributed by atoms with E-state index in [0.29, 0.717) is 38.1 Å². The van der Waals surface area contributed by atoms with Crippen molar-refractivity contribution in [3.05, 3.63) is 40.6 Å². The molecule has 0 radical (unpaired) electrons. The van der Waals surface area contributed by atoms with Crippen molar-refractivity contribution in [1.29, 1.82) is 0 Å². The fourth-order valence-electron chi connectivity index (χ4n) is 3.46. The Labute approximate surface area is 163 Å². The number of piperazine rings is 1. The lowest BCUT2D eigenvalue weighted by Gasteiger charge is -2.35. The number of fused-ring (bicyclic) bond motifs is 1. The predicted molar refractivity (Wildman–Crippen MR) is 107 cm³/mol. The lowest BCUT2D eigenvalue weighted by molar-refractivity contribution is -0.120. The average molecular weight is 388 g/mol. The SMILES string of the molecule is C[C@@H]1CNCCN1CC(=O)N(Cc1cccs1)c1ccc2c(c1)OCCO2. The number of amides is 1. The Kier molecular flexibility index (Phi) is 5.61. The molecule has 1 atom stereocenters. The molecule has 2 aliphatic heterocycles. The Balaban J connectivity index is 1.57. The lowest BCUT2D eigenvalue weighted by atomic mass is 10.2. The van der Waals surface area contributed by atoms with Crippen molar-refractivity contribution in [2.75, 3.05) is 44.3 Å². The van der Waals surface area contributed by atoms with Crippen LogP contribution in [0.3, 0.4) is 0 Å². The molecular weight excluding hydrogens is 362 g/mol. The smallest absolute Gasteiger partial charge is 0.241 e. The first-order chi connectivity index (χ1) is 13.2. The summed E-state index contributed by atoms with van der Waals surface area (Å²) in [5.74, 6) is 1.55. The molecule has 6 nitrogen and oxygen atoms in total. The van der Waals surface area contributed by atoms with Crippen LogP contribution < -0.4 is 19.7 Å².